The van der Waals surface area contributed by atoms with Gasteiger partial charge >= 0.3 is 0 Å². The van der Waals surface area contributed by atoms with Crippen LogP contribution < -0.4 is 16.2 Å². The van der Waals surface area contributed by atoms with Crippen molar-refractivity contribution < 1.29 is 9.53 Å². The summed E-state index contributed by atoms with van der Waals surface area (Å²) in [5.74, 6) is -0.419. The Morgan fingerprint density at radius 2 is 1.90 bits per heavy atom. The first-order valence-corrected chi connectivity index (χ1v) is 6.38. The quantitative estimate of drug-likeness (QED) is 0.656. The van der Waals surface area contributed by atoms with Crippen LogP contribution >= 0.6 is 0 Å². The van der Waals surface area contributed by atoms with E-state index in [1.165, 1.54) is 0 Å². The molecule has 1 amide bonds. The number of pyridine rings is 1. The van der Waals surface area contributed by atoms with E-state index in [1.807, 2.05) is 25.1 Å². The second-order valence-corrected chi connectivity index (χ2v) is 4.35. The van der Waals surface area contributed by atoms with Gasteiger partial charge in [0.2, 0.25) is 0 Å². The van der Waals surface area contributed by atoms with E-state index in [4.69, 9.17) is 16.2 Å². The molecule has 1 aromatic carbocycles. The Bertz CT molecular complexity index is 652. The fraction of sp³-hybridized carbons (Fsp3) is 0.133. The Morgan fingerprint density at radius 3 is 2.57 bits per heavy atom. The predicted molar refractivity (Wildman–Crippen MR) is 79.9 cm³/mol. The Kier molecular flexibility index (Phi) is 4.50. The van der Waals surface area contributed by atoms with Crippen LogP contribution in [-0.4, -0.2) is 16.9 Å². The van der Waals surface area contributed by atoms with Crippen LogP contribution in [0.3, 0.4) is 0 Å². The number of nitrogens with zero attached hydrogens (tertiary/aromatic N) is 2. The molecule has 0 fully saturated rings. The molecule has 0 bridgehead atoms. The van der Waals surface area contributed by atoms with E-state index in [-0.39, 0.29) is 12.1 Å². The van der Waals surface area contributed by atoms with E-state index < -0.39 is 5.91 Å². The fourth-order valence-corrected chi connectivity index (χ4v) is 1.79. The average Bonchev–Trinajstić information content (AvgIpc) is 2.48. The summed E-state index contributed by atoms with van der Waals surface area (Å²) < 4.78 is 5.80. The van der Waals surface area contributed by atoms with Gasteiger partial charge in [-0.05, 0) is 31.2 Å². The largest absolute Gasteiger partial charge is 0.484 e. The Morgan fingerprint density at radius 1 is 1.19 bits per heavy atom. The van der Waals surface area contributed by atoms with Crippen LogP contribution in [0.15, 0.2) is 53.7 Å². The molecule has 21 heavy (non-hydrogen) atoms. The van der Waals surface area contributed by atoms with Gasteiger partial charge in [-0.15, -0.1) is 0 Å². The highest BCUT2D eigenvalue weighted by atomic mass is 16.5. The van der Waals surface area contributed by atoms with E-state index in [9.17, 15) is 4.79 Å². The van der Waals surface area contributed by atoms with Gasteiger partial charge in [-0.3, -0.25) is 9.78 Å². The number of aliphatic imine (C=N–C) groups is 1. The van der Waals surface area contributed by atoms with Gasteiger partial charge in [0.15, 0.2) is 5.96 Å². The van der Waals surface area contributed by atoms with Gasteiger partial charge in [0, 0.05) is 6.20 Å². The lowest BCUT2D eigenvalue weighted by atomic mass is 10.2. The van der Waals surface area contributed by atoms with E-state index in [2.05, 4.69) is 9.98 Å². The van der Waals surface area contributed by atoms with Crippen molar-refractivity contribution in [3.63, 3.8) is 0 Å². The van der Waals surface area contributed by atoms with Crippen LogP contribution in [0.25, 0.3) is 0 Å². The third kappa shape index (κ3) is 3.79. The van der Waals surface area contributed by atoms with Gasteiger partial charge < -0.3 is 16.2 Å². The van der Waals surface area contributed by atoms with Crippen LogP contribution in [0.2, 0.25) is 0 Å². The first-order valence-electron chi connectivity index (χ1n) is 6.38. The molecule has 0 radical (unpaired) electrons. The smallest absolute Gasteiger partial charge is 0.283 e. The zero-order chi connectivity index (χ0) is 15.2. The fourth-order valence-electron chi connectivity index (χ4n) is 1.79. The number of hydrogen-bond donors (Lipinski definition) is 2. The Balaban J connectivity index is 2.25. The number of amides is 1. The zero-order valence-electron chi connectivity index (χ0n) is 11.6. The van der Waals surface area contributed by atoms with Gasteiger partial charge in [0.1, 0.15) is 11.9 Å². The van der Waals surface area contributed by atoms with Crippen LogP contribution in [0, 0.1) is 0 Å². The van der Waals surface area contributed by atoms with E-state index in [0.717, 1.165) is 5.69 Å². The number of rotatable bonds is 4. The van der Waals surface area contributed by atoms with Crippen LogP contribution in [0.4, 0.5) is 0 Å². The lowest BCUT2D eigenvalue weighted by molar-refractivity contribution is 0.0996. The monoisotopic (exact) mass is 284 g/mol. The van der Waals surface area contributed by atoms with E-state index in [1.54, 1.807) is 30.5 Å². The molecule has 0 aliphatic carbocycles. The van der Waals surface area contributed by atoms with Crippen LogP contribution in [0.1, 0.15) is 29.1 Å². The molecule has 0 aliphatic heterocycles. The van der Waals surface area contributed by atoms with E-state index in [0.29, 0.717) is 11.3 Å². The minimum absolute atomic E-state index is 0.285. The number of benzene rings is 1. The maximum atomic E-state index is 12.0. The molecule has 2 aromatic rings. The average molecular weight is 284 g/mol. The Hall–Kier alpha value is -2.89. The first-order chi connectivity index (χ1) is 10.1. The summed E-state index contributed by atoms with van der Waals surface area (Å²) in [5.41, 5.74) is 11.5. The number of carbonyl (C=O) groups is 1. The molecule has 1 unspecified atom stereocenters. The molecule has 0 saturated carbocycles. The predicted octanol–water partition coefficient (Wildman–Crippen LogP) is 1.64. The van der Waals surface area contributed by atoms with Gasteiger partial charge in [-0.1, -0.05) is 18.2 Å². The van der Waals surface area contributed by atoms with Crippen molar-refractivity contribution in [2.45, 2.75) is 13.0 Å². The number of carbonyl (C=O) groups excluding carboxylic acids is 1. The van der Waals surface area contributed by atoms with Crippen molar-refractivity contribution in [1.29, 1.82) is 0 Å². The molecule has 4 N–H and O–H groups in total. The Labute approximate surface area is 122 Å². The SMILES string of the molecule is CC(Oc1ccccc1C(=O)N=C(N)N)c1ccccn1. The molecule has 2 rings (SSSR count). The summed E-state index contributed by atoms with van der Waals surface area (Å²) in [6.45, 7) is 1.85. The molecular formula is C15H16N4O2. The van der Waals surface area contributed by atoms with Crippen molar-refractivity contribution in [2.24, 2.45) is 16.5 Å². The second-order valence-electron chi connectivity index (χ2n) is 4.35. The lowest BCUT2D eigenvalue weighted by Crippen LogP contribution is -2.24. The molecule has 0 saturated heterocycles. The van der Waals surface area contributed by atoms with Crippen molar-refractivity contribution in [3.8, 4) is 5.75 Å². The molecule has 1 aromatic heterocycles. The summed E-state index contributed by atoms with van der Waals surface area (Å²) in [6.07, 6.45) is 1.38. The van der Waals surface area contributed by atoms with Crippen LogP contribution in [0.5, 0.6) is 5.75 Å². The summed E-state index contributed by atoms with van der Waals surface area (Å²) in [7, 11) is 0. The molecule has 6 heteroatoms. The van der Waals surface area contributed by atoms with Crippen molar-refractivity contribution >= 4 is 11.9 Å². The lowest BCUT2D eigenvalue weighted by Gasteiger charge is -2.15. The van der Waals surface area contributed by atoms with Gasteiger partial charge in [0.05, 0.1) is 11.3 Å². The molecular weight excluding hydrogens is 268 g/mol. The van der Waals surface area contributed by atoms with Gasteiger partial charge in [-0.25, -0.2) is 0 Å². The van der Waals surface area contributed by atoms with Crippen molar-refractivity contribution in [1.82, 2.24) is 4.98 Å². The summed E-state index contributed by atoms with van der Waals surface area (Å²) in [6, 6.07) is 12.3. The highest BCUT2D eigenvalue weighted by Crippen LogP contribution is 2.24. The minimum Gasteiger partial charge on any atom is -0.484 e. The summed E-state index contributed by atoms with van der Waals surface area (Å²) in [4.78, 5) is 19.7. The minimum atomic E-state index is -0.543. The van der Waals surface area contributed by atoms with Gasteiger partial charge in [-0.2, -0.15) is 4.99 Å². The third-order valence-electron chi connectivity index (χ3n) is 2.76. The molecule has 0 aliphatic rings. The molecule has 0 spiro atoms. The van der Waals surface area contributed by atoms with Crippen LogP contribution in [-0.2, 0) is 0 Å². The number of aromatic nitrogens is 1. The van der Waals surface area contributed by atoms with Crippen molar-refractivity contribution in [3.05, 3.63) is 59.9 Å². The van der Waals surface area contributed by atoms with Gasteiger partial charge in [0.25, 0.3) is 5.91 Å². The molecule has 1 heterocycles. The topological polar surface area (TPSA) is 104 Å². The number of guanidine groups is 1. The number of ether oxygens (including phenoxy) is 1. The zero-order valence-corrected chi connectivity index (χ0v) is 11.6. The number of hydrogen-bond acceptors (Lipinski definition) is 3. The third-order valence-corrected chi connectivity index (χ3v) is 2.76. The highest BCUT2D eigenvalue weighted by Gasteiger charge is 2.15. The normalized spacial score (nSPS) is 11.5. The maximum Gasteiger partial charge on any atom is 0.283 e. The first kappa shape index (κ1) is 14.5. The standard InChI is InChI=1S/C15H16N4O2/c1-10(12-7-4-5-9-18-12)21-13-8-3-2-6-11(13)14(20)19-15(16)17/h2-10H,1H3,(H4,16,17,19,20). The molecule has 108 valence electrons. The molecule has 1 atom stereocenters. The van der Waals surface area contributed by atoms with E-state index >= 15 is 0 Å². The molecule has 6 nitrogen and oxygen atoms in total. The van der Waals surface area contributed by atoms with Crippen molar-refractivity contribution in [2.75, 3.05) is 0 Å². The highest BCUT2D eigenvalue weighted by molar-refractivity contribution is 6.03. The summed E-state index contributed by atoms with van der Waals surface area (Å²) in [5, 5.41) is 0. The number of para-hydroxylation sites is 1. The number of nitrogens with two attached hydrogens (primary N) is 2. The maximum absolute atomic E-state index is 12.0. The second kappa shape index (κ2) is 6.51. The summed E-state index contributed by atoms with van der Waals surface area (Å²) >= 11 is 0.